The predicted molar refractivity (Wildman–Crippen MR) is 101 cm³/mol. The van der Waals surface area contributed by atoms with Crippen molar-refractivity contribution in [3.05, 3.63) is 0 Å². The van der Waals surface area contributed by atoms with E-state index in [9.17, 15) is 14.7 Å². The summed E-state index contributed by atoms with van der Waals surface area (Å²) < 4.78 is 4.81. The number of carbonyl (C=O) groups excluding carboxylic acids is 1. The van der Waals surface area contributed by atoms with Crippen LogP contribution >= 0.6 is 0 Å². The maximum Gasteiger partial charge on any atom is 0.336 e. The summed E-state index contributed by atoms with van der Waals surface area (Å²) in [5.74, 6) is -2.09. The second-order valence-electron chi connectivity index (χ2n) is 6.99. The minimum atomic E-state index is -1.89. The van der Waals surface area contributed by atoms with E-state index in [0.717, 1.165) is 12.8 Å². The molecular weight excluding hydrogens is 336 g/mol. The van der Waals surface area contributed by atoms with Crippen molar-refractivity contribution in [2.24, 2.45) is 0 Å². The molecule has 0 rings (SSSR count). The Labute approximate surface area is 157 Å². The number of hydrogen-bond acceptors (Lipinski definition) is 5. The number of carbonyl (C=O) groups is 2. The van der Waals surface area contributed by atoms with Gasteiger partial charge in [-0.3, -0.25) is 4.79 Å². The summed E-state index contributed by atoms with van der Waals surface area (Å²) in [5, 5.41) is 26.9. The van der Waals surface area contributed by atoms with Gasteiger partial charge in [0.05, 0.1) is 6.61 Å². The van der Waals surface area contributed by atoms with Gasteiger partial charge >= 0.3 is 11.9 Å². The van der Waals surface area contributed by atoms with E-state index >= 15 is 0 Å². The maximum absolute atomic E-state index is 11.6. The van der Waals surface area contributed by atoms with Gasteiger partial charge in [-0.15, -0.1) is 0 Å². The fourth-order valence-corrected chi connectivity index (χ4v) is 2.88. The number of hydrogen-bond donors (Lipinski definition) is 3. The third-order valence-corrected chi connectivity index (χ3v) is 4.55. The van der Waals surface area contributed by atoms with Gasteiger partial charge in [0.15, 0.2) is 12.2 Å². The lowest BCUT2D eigenvalue weighted by Crippen LogP contribution is -2.39. The van der Waals surface area contributed by atoms with E-state index in [1.165, 1.54) is 64.2 Å². The molecule has 6 nitrogen and oxygen atoms in total. The summed E-state index contributed by atoms with van der Waals surface area (Å²) >= 11 is 0. The van der Waals surface area contributed by atoms with Crippen molar-refractivity contribution < 1.29 is 29.6 Å². The molecule has 2 atom stereocenters. The fourth-order valence-electron chi connectivity index (χ4n) is 2.88. The van der Waals surface area contributed by atoms with Crippen LogP contribution in [0.5, 0.6) is 0 Å². The molecule has 0 saturated heterocycles. The number of esters is 1. The molecule has 0 saturated carbocycles. The molecule has 0 aromatic heterocycles. The Morgan fingerprint density at radius 1 is 0.808 bits per heavy atom. The zero-order valence-electron chi connectivity index (χ0n) is 16.3. The van der Waals surface area contributed by atoms with E-state index in [0.29, 0.717) is 6.42 Å². The van der Waals surface area contributed by atoms with Gasteiger partial charge in [0.1, 0.15) is 0 Å². The molecule has 26 heavy (non-hydrogen) atoms. The van der Waals surface area contributed by atoms with Crippen LogP contribution in [0.3, 0.4) is 0 Å². The minimum Gasteiger partial charge on any atom is -0.479 e. The average molecular weight is 375 g/mol. The van der Waals surface area contributed by atoms with Crippen LogP contribution in [-0.4, -0.2) is 46.1 Å². The summed E-state index contributed by atoms with van der Waals surface area (Å²) in [6.45, 7) is 1.52. The second kappa shape index (κ2) is 17.3. The highest BCUT2D eigenvalue weighted by molar-refractivity contribution is 5.74. The largest absolute Gasteiger partial charge is 0.479 e. The highest BCUT2D eigenvalue weighted by Crippen LogP contribution is 2.13. The first-order valence-corrected chi connectivity index (χ1v) is 10.2. The summed E-state index contributed by atoms with van der Waals surface area (Å²) in [6.07, 6.45) is 12.6. The van der Waals surface area contributed by atoms with Gasteiger partial charge in [0.2, 0.25) is 0 Å². The summed E-state index contributed by atoms with van der Waals surface area (Å²) in [5.41, 5.74) is 0. The van der Waals surface area contributed by atoms with Gasteiger partial charge in [-0.2, -0.15) is 0 Å². The molecule has 0 aliphatic rings. The molecule has 154 valence electrons. The number of unbranched alkanes of at least 4 members (excludes halogenated alkanes) is 12. The Balaban J connectivity index is 3.46. The van der Waals surface area contributed by atoms with Crippen LogP contribution in [0.1, 0.15) is 96.8 Å². The van der Waals surface area contributed by atoms with Crippen molar-refractivity contribution in [1.82, 2.24) is 0 Å². The van der Waals surface area contributed by atoms with E-state index in [1.54, 1.807) is 0 Å². The van der Waals surface area contributed by atoms with Crippen molar-refractivity contribution in [2.75, 3.05) is 6.61 Å². The lowest BCUT2D eigenvalue weighted by Gasteiger charge is -2.18. The Bertz CT molecular complexity index is 358. The lowest BCUT2D eigenvalue weighted by atomic mass is 10.0. The predicted octanol–water partition coefficient (Wildman–Crippen LogP) is 3.82. The first kappa shape index (κ1) is 24.9. The monoisotopic (exact) mass is 374 g/mol. The summed E-state index contributed by atoms with van der Waals surface area (Å²) in [4.78, 5) is 22.2. The number of ether oxygens (including phenoxy) is 1. The Hall–Kier alpha value is -1.14. The summed E-state index contributed by atoms with van der Waals surface area (Å²) in [7, 11) is 0. The van der Waals surface area contributed by atoms with Gasteiger partial charge in [0, 0.05) is 6.42 Å². The Morgan fingerprint density at radius 3 is 1.62 bits per heavy atom. The van der Waals surface area contributed by atoms with Gasteiger partial charge in [-0.1, -0.05) is 84.0 Å². The fraction of sp³-hybridized carbons (Fsp3) is 0.900. The molecule has 0 aliphatic heterocycles. The molecular formula is C20H38O6. The zero-order chi connectivity index (χ0) is 19.6. The number of aliphatic hydroxyl groups excluding tert-OH is 2. The highest BCUT2D eigenvalue weighted by atomic mass is 16.6. The second-order valence-corrected chi connectivity index (χ2v) is 6.99. The van der Waals surface area contributed by atoms with Crippen molar-refractivity contribution in [3.8, 4) is 0 Å². The van der Waals surface area contributed by atoms with Crippen molar-refractivity contribution in [3.63, 3.8) is 0 Å². The van der Waals surface area contributed by atoms with Gasteiger partial charge < -0.3 is 20.1 Å². The normalized spacial score (nSPS) is 13.3. The van der Waals surface area contributed by atoms with Crippen LogP contribution in [0.25, 0.3) is 0 Å². The van der Waals surface area contributed by atoms with Crippen LogP contribution < -0.4 is 0 Å². The van der Waals surface area contributed by atoms with Crippen LogP contribution in [0.2, 0.25) is 0 Å². The quantitative estimate of drug-likeness (QED) is 0.249. The third-order valence-electron chi connectivity index (χ3n) is 4.55. The molecule has 6 heteroatoms. The molecule has 0 fully saturated rings. The van der Waals surface area contributed by atoms with Gasteiger partial charge in [-0.25, -0.2) is 4.79 Å². The average Bonchev–Trinajstić information content (AvgIpc) is 2.62. The lowest BCUT2D eigenvalue weighted by molar-refractivity contribution is -0.168. The molecule has 0 aromatic rings. The van der Waals surface area contributed by atoms with E-state index in [-0.39, 0.29) is 6.42 Å². The smallest absolute Gasteiger partial charge is 0.336 e. The van der Waals surface area contributed by atoms with E-state index in [2.05, 4.69) is 6.92 Å². The number of carboxylic acids is 1. The third kappa shape index (κ3) is 14.1. The number of carboxylic acid groups (broad SMARTS) is 1. The van der Waals surface area contributed by atoms with Gasteiger partial charge in [0.25, 0.3) is 0 Å². The van der Waals surface area contributed by atoms with Crippen LogP contribution in [0, 0.1) is 0 Å². The Kier molecular flexibility index (Phi) is 16.5. The maximum atomic E-state index is 11.6. The van der Waals surface area contributed by atoms with Crippen molar-refractivity contribution in [2.45, 2.75) is 109 Å². The van der Waals surface area contributed by atoms with Crippen LogP contribution in [0.15, 0.2) is 0 Å². The minimum absolute atomic E-state index is 0.181. The topological polar surface area (TPSA) is 104 Å². The zero-order valence-corrected chi connectivity index (χ0v) is 16.3. The molecule has 0 heterocycles. The highest BCUT2D eigenvalue weighted by Gasteiger charge is 2.28. The molecule has 0 amide bonds. The molecule has 0 spiro atoms. The standard InChI is InChI=1S/C20H38O6/c1-2-3-4-5-6-7-8-9-10-11-12-13-14-15-18(22)26-17(16-21)19(23)20(24)25/h17,19,21,23H,2-16H2,1H3,(H,24,25). The molecule has 0 aliphatic carbocycles. The van der Waals surface area contributed by atoms with Crippen molar-refractivity contribution >= 4 is 11.9 Å². The SMILES string of the molecule is CCCCCCCCCCCCCCCC(=O)OC(CO)C(O)C(=O)O. The summed E-state index contributed by atoms with van der Waals surface area (Å²) in [6, 6.07) is 0. The number of rotatable bonds is 18. The first-order valence-electron chi connectivity index (χ1n) is 10.2. The molecule has 0 bridgehead atoms. The van der Waals surface area contributed by atoms with E-state index in [1.807, 2.05) is 0 Å². The molecule has 0 radical (unpaired) electrons. The first-order chi connectivity index (χ1) is 12.5. The van der Waals surface area contributed by atoms with E-state index < -0.39 is 30.8 Å². The Morgan fingerprint density at radius 2 is 1.23 bits per heavy atom. The van der Waals surface area contributed by atoms with Crippen LogP contribution in [0.4, 0.5) is 0 Å². The molecule has 2 unspecified atom stereocenters. The number of aliphatic carboxylic acids is 1. The van der Waals surface area contributed by atoms with Crippen molar-refractivity contribution in [1.29, 1.82) is 0 Å². The van der Waals surface area contributed by atoms with E-state index in [4.69, 9.17) is 14.9 Å². The number of aliphatic hydroxyl groups is 2. The molecule has 0 aromatic carbocycles. The van der Waals surface area contributed by atoms with Gasteiger partial charge in [-0.05, 0) is 6.42 Å². The van der Waals surface area contributed by atoms with Crippen LogP contribution in [-0.2, 0) is 14.3 Å². The molecule has 3 N–H and O–H groups in total.